The second-order valence-corrected chi connectivity index (χ2v) is 4.83. The van der Waals surface area contributed by atoms with Crippen LogP contribution in [-0.4, -0.2) is 23.3 Å². The van der Waals surface area contributed by atoms with Gasteiger partial charge in [-0.1, -0.05) is 42.5 Å². The number of nitrogens with zero attached hydrogens (tertiary/aromatic N) is 1. The number of rotatable bonds is 6. The van der Waals surface area contributed by atoms with Crippen molar-refractivity contribution in [2.24, 2.45) is 0 Å². The molecule has 0 bridgehead atoms. The first-order valence-corrected chi connectivity index (χ1v) is 7.26. The van der Waals surface area contributed by atoms with Gasteiger partial charge in [-0.2, -0.15) is 0 Å². The number of benzene rings is 2. The van der Waals surface area contributed by atoms with E-state index in [1.54, 1.807) is 43.3 Å². The number of carbonyl (C=O) groups excluding carboxylic acids is 2. The van der Waals surface area contributed by atoms with Crippen molar-refractivity contribution in [3.8, 4) is 0 Å². The van der Waals surface area contributed by atoms with E-state index in [0.717, 1.165) is 0 Å². The fraction of sp³-hybridized carbons (Fsp3) is 0.111. The number of Topliss-reactive ketones (excluding diaryl/α,β-unsaturated/α-hetero) is 1. The molecule has 0 fully saturated rings. The minimum Gasteiger partial charge on any atom is -0.462 e. The molecule has 0 aliphatic carbocycles. The summed E-state index contributed by atoms with van der Waals surface area (Å²) in [5.74, 6) is -1.27. The van der Waals surface area contributed by atoms with Gasteiger partial charge in [0.05, 0.1) is 11.5 Å². The number of carbonyl (C=O) groups is 2. The van der Waals surface area contributed by atoms with Crippen LogP contribution in [0.2, 0.25) is 0 Å². The van der Waals surface area contributed by atoms with Gasteiger partial charge in [-0.3, -0.25) is 14.9 Å². The Bertz CT molecular complexity index is 796. The zero-order valence-corrected chi connectivity index (χ0v) is 13.0. The fourth-order valence-corrected chi connectivity index (χ4v) is 2.07. The number of esters is 1. The van der Waals surface area contributed by atoms with Gasteiger partial charge in [-0.15, -0.1) is 0 Å². The molecule has 0 unspecified atom stereocenters. The SMILES string of the molecule is CCOC(=O)C(=Cc1cccc([N+](=O)[O-])c1)C(=O)c1ccccc1. The van der Waals surface area contributed by atoms with Crippen LogP contribution in [0.25, 0.3) is 6.08 Å². The summed E-state index contributed by atoms with van der Waals surface area (Å²) in [5, 5.41) is 10.9. The molecule has 2 aromatic rings. The van der Waals surface area contributed by atoms with Crippen LogP contribution >= 0.6 is 0 Å². The number of ether oxygens (including phenoxy) is 1. The summed E-state index contributed by atoms with van der Waals surface area (Å²) in [4.78, 5) is 35.0. The van der Waals surface area contributed by atoms with Crippen molar-refractivity contribution in [2.45, 2.75) is 6.92 Å². The Morgan fingerprint density at radius 3 is 2.46 bits per heavy atom. The van der Waals surface area contributed by atoms with E-state index >= 15 is 0 Å². The molecule has 0 heterocycles. The minimum absolute atomic E-state index is 0.118. The number of non-ortho nitro benzene ring substituents is 1. The zero-order chi connectivity index (χ0) is 17.5. The lowest BCUT2D eigenvalue weighted by Gasteiger charge is -2.07. The second-order valence-electron chi connectivity index (χ2n) is 4.83. The van der Waals surface area contributed by atoms with Crippen molar-refractivity contribution in [1.82, 2.24) is 0 Å². The highest BCUT2D eigenvalue weighted by molar-refractivity contribution is 6.26. The lowest BCUT2D eigenvalue weighted by molar-refractivity contribution is -0.384. The van der Waals surface area contributed by atoms with Gasteiger partial charge in [-0.05, 0) is 18.6 Å². The van der Waals surface area contributed by atoms with Gasteiger partial charge in [0, 0.05) is 17.7 Å². The second kappa shape index (κ2) is 7.82. The molecule has 0 aliphatic heterocycles. The number of hydrogen-bond acceptors (Lipinski definition) is 5. The molecular formula is C18H15NO5. The highest BCUT2D eigenvalue weighted by Gasteiger charge is 2.21. The minimum atomic E-state index is -0.766. The monoisotopic (exact) mass is 325 g/mol. The Balaban J connectivity index is 2.46. The van der Waals surface area contributed by atoms with Crippen molar-refractivity contribution < 1.29 is 19.2 Å². The van der Waals surface area contributed by atoms with Crippen LogP contribution in [0.3, 0.4) is 0 Å². The third-order valence-corrected chi connectivity index (χ3v) is 3.17. The lowest BCUT2D eigenvalue weighted by atomic mass is 10.0. The fourth-order valence-electron chi connectivity index (χ4n) is 2.07. The summed E-state index contributed by atoms with van der Waals surface area (Å²) in [6.45, 7) is 1.75. The van der Waals surface area contributed by atoms with Crippen LogP contribution in [0.5, 0.6) is 0 Å². The van der Waals surface area contributed by atoms with E-state index in [9.17, 15) is 19.7 Å². The predicted molar refractivity (Wildman–Crippen MR) is 88.5 cm³/mol. The molecular weight excluding hydrogens is 310 g/mol. The number of nitro benzene ring substituents is 1. The molecule has 2 aromatic carbocycles. The van der Waals surface area contributed by atoms with Crippen LogP contribution < -0.4 is 0 Å². The van der Waals surface area contributed by atoms with Crippen molar-refractivity contribution in [3.63, 3.8) is 0 Å². The molecule has 0 N–H and O–H groups in total. The Labute approximate surface area is 138 Å². The standard InChI is InChI=1S/C18H15NO5/c1-2-24-18(21)16(17(20)14-8-4-3-5-9-14)12-13-7-6-10-15(11-13)19(22)23/h3-12H,2H2,1H3. The molecule has 0 aromatic heterocycles. The Kier molecular flexibility index (Phi) is 5.57. The molecule has 0 spiro atoms. The van der Waals surface area contributed by atoms with Gasteiger partial charge in [0.2, 0.25) is 0 Å². The smallest absolute Gasteiger partial charge is 0.342 e. The molecule has 24 heavy (non-hydrogen) atoms. The molecule has 2 rings (SSSR count). The highest BCUT2D eigenvalue weighted by Crippen LogP contribution is 2.18. The topological polar surface area (TPSA) is 86.5 Å². The van der Waals surface area contributed by atoms with Crippen molar-refractivity contribution in [2.75, 3.05) is 6.61 Å². The number of ketones is 1. The summed E-state index contributed by atoms with van der Waals surface area (Å²) in [6, 6.07) is 14.0. The van der Waals surface area contributed by atoms with E-state index in [1.165, 1.54) is 24.3 Å². The first-order chi connectivity index (χ1) is 11.5. The van der Waals surface area contributed by atoms with Crippen molar-refractivity contribution >= 4 is 23.5 Å². The molecule has 0 atom stereocenters. The number of hydrogen-bond donors (Lipinski definition) is 0. The van der Waals surface area contributed by atoms with Gasteiger partial charge >= 0.3 is 5.97 Å². The molecule has 0 radical (unpaired) electrons. The van der Waals surface area contributed by atoms with E-state index in [2.05, 4.69) is 0 Å². The maximum Gasteiger partial charge on any atom is 0.342 e. The highest BCUT2D eigenvalue weighted by atomic mass is 16.6. The van der Waals surface area contributed by atoms with Gasteiger partial charge in [0.25, 0.3) is 5.69 Å². The Morgan fingerprint density at radius 2 is 1.83 bits per heavy atom. The Hall–Kier alpha value is -3.28. The molecule has 0 aliphatic rings. The molecule has 0 amide bonds. The third-order valence-electron chi connectivity index (χ3n) is 3.17. The van der Waals surface area contributed by atoms with Crippen LogP contribution in [-0.2, 0) is 9.53 Å². The average Bonchev–Trinajstić information content (AvgIpc) is 2.60. The molecule has 0 saturated heterocycles. The predicted octanol–water partition coefficient (Wildman–Crippen LogP) is 3.42. The molecule has 6 heteroatoms. The largest absolute Gasteiger partial charge is 0.462 e. The maximum absolute atomic E-state index is 12.6. The van der Waals surface area contributed by atoms with Crippen LogP contribution in [0.1, 0.15) is 22.8 Å². The summed E-state index contributed by atoms with van der Waals surface area (Å²) < 4.78 is 4.93. The van der Waals surface area contributed by atoms with Crippen LogP contribution in [0.4, 0.5) is 5.69 Å². The first kappa shape index (κ1) is 17.1. The zero-order valence-electron chi connectivity index (χ0n) is 13.0. The van der Waals surface area contributed by atoms with Crippen LogP contribution in [0, 0.1) is 10.1 Å². The first-order valence-electron chi connectivity index (χ1n) is 7.26. The van der Waals surface area contributed by atoms with Gasteiger partial charge in [0.15, 0.2) is 5.78 Å². The lowest BCUT2D eigenvalue weighted by Crippen LogP contribution is -2.16. The van der Waals surface area contributed by atoms with Gasteiger partial charge < -0.3 is 4.74 Å². The van der Waals surface area contributed by atoms with E-state index < -0.39 is 16.7 Å². The summed E-state index contributed by atoms with van der Waals surface area (Å²) in [7, 11) is 0. The average molecular weight is 325 g/mol. The summed E-state index contributed by atoms with van der Waals surface area (Å²) >= 11 is 0. The van der Waals surface area contributed by atoms with E-state index in [1.807, 2.05) is 0 Å². The quantitative estimate of drug-likeness (QED) is 0.154. The molecule has 0 saturated carbocycles. The normalized spacial score (nSPS) is 11.0. The van der Waals surface area contributed by atoms with Crippen LogP contribution in [0.15, 0.2) is 60.2 Å². The van der Waals surface area contributed by atoms with Crippen molar-refractivity contribution in [3.05, 3.63) is 81.4 Å². The van der Waals surface area contributed by atoms with E-state index in [-0.39, 0.29) is 17.9 Å². The summed E-state index contributed by atoms with van der Waals surface area (Å²) in [6.07, 6.45) is 1.31. The van der Waals surface area contributed by atoms with E-state index in [4.69, 9.17) is 4.74 Å². The van der Waals surface area contributed by atoms with Crippen molar-refractivity contribution in [1.29, 1.82) is 0 Å². The third kappa shape index (κ3) is 4.13. The Morgan fingerprint density at radius 1 is 1.12 bits per heavy atom. The summed E-state index contributed by atoms with van der Waals surface area (Å²) in [5.41, 5.74) is 0.404. The molecule has 122 valence electrons. The molecule has 6 nitrogen and oxygen atoms in total. The maximum atomic E-state index is 12.6. The van der Waals surface area contributed by atoms with Gasteiger partial charge in [0.1, 0.15) is 5.57 Å². The number of nitro groups is 1. The van der Waals surface area contributed by atoms with E-state index in [0.29, 0.717) is 11.1 Å². The van der Waals surface area contributed by atoms with Gasteiger partial charge in [-0.25, -0.2) is 4.79 Å².